The van der Waals surface area contributed by atoms with Crippen LogP contribution in [0.4, 0.5) is 17.6 Å². The summed E-state index contributed by atoms with van der Waals surface area (Å²) < 4.78 is 58.2. The Kier molecular flexibility index (Phi) is 4.55. The second-order valence-electron chi connectivity index (χ2n) is 6.62. The molecule has 1 aliphatic rings. The lowest BCUT2D eigenvalue weighted by Crippen LogP contribution is -2.13. The van der Waals surface area contributed by atoms with Gasteiger partial charge in [-0.2, -0.15) is 0 Å². The van der Waals surface area contributed by atoms with Crippen LogP contribution in [0.25, 0.3) is 0 Å². The lowest BCUT2D eigenvalue weighted by atomic mass is 10.1. The zero-order valence-corrected chi connectivity index (χ0v) is 13.3. The van der Waals surface area contributed by atoms with Gasteiger partial charge in [0.1, 0.15) is 6.61 Å². The van der Waals surface area contributed by atoms with Crippen LogP contribution in [-0.4, -0.2) is 5.97 Å². The number of carbonyl (C=O) groups is 1. The van der Waals surface area contributed by atoms with Crippen LogP contribution in [0.15, 0.2) is 17.7 Å². The number of allylic oxidation sites excluding steroid dienone is 2. The van der Waals surface area contributed by atoms with E-state index < -0.39 is 47.3 Å². The van der Waals surface area contributed by atoms with Crippen LogP contribution in [-0.2, 0) is 16.1 Å². The fourth-order valence-electron chi connectivity index (χ4n) is 2.78. The van der Waals surface area contributed by atoms with E-state index in [-0.39, 0.29) is 17.4 Å². The molecule has 0 spiro atoms. The molecule has 0 bridgehead atoms. The summed E-state index contributed by atoms with van der Waals surface area (Å²) >= 11 is 0. The zero-order valence-electron chi connectivity index (χ0n) is 13.3. The molecule has 6 heteroatoms. The lowest BCUT2D eigenvalue weighted by Gasteiger charge is -2.09. The van der Waals surface area contributed by atoms with Crippen LogP contribution in [0, 0.1) is 40.5 Å². The minimum Gasteiger partial charge on any atom is -0.460 e. The molecule has 2 atom stereocenters. The largest absolute Gasteiger partial charge is 0.460 e. The van der Waals surface area contributed by atoms with Gasteiger partial charge in [-0.1, -0.05) is 25.5 Å². The zero-order chi connectivity index (χ0) is 17.5. The van der Waals surface area contributed by atoms with Crippen LogP contribution in [0.3, 0.4) is 0 Å². The maximum atomic E-state index is 13.5. The summed E-state index contributed by atoms with van der Waals surface area (Å²) in [4.78, 5) is 12.1. The molecule has 0 N–H and O–H groups in total. The Bertz CT molecular complexity index is 649. The van der Waals surface area contributed by atoms with Gasteiger partial charge in [0.2, 0.25) is 0 Å². The van der Waals surface area contributed by atoms with Crippen molar-refractivity contribution in [2.75, 3.05) is 0 Å². The van der Waals surface area contributed by atoms with E-state index in [1.807, 2.05) is 33.8 Å². The predicted octanol–water partition coefficient (Wildman–Crippen LogP) is 4.52. The Labute approximate surface area is 132 Å². The predicted molar refractivity (Wildman–Crippen MR) is 76.3 cm³/mol. The highest BCUT2D eigenvalue weighted by atomic mass is 19.2. The summed E-state index contributed by atoms with van der Waals surface area (Å²) in [5.41, 5.74) is -0.200. The molecule has 126 valence electrons. The van der Waals surface area contributed by atoms with E-state index in [0.717, 1.165) is 5.57 Å². The Morgan fingerprint density at radius 1 is 1.17 bits per heavy atom. The highest BCUT2D eigenvalue weighted by Gasteiger charge is 2.61. The number of hydrogen-bond donors (Lipinski definition) is 0. The van der Waals surface area contributed by atoms with E-state index in [4.69, 9.17) is 4.74 Å². The number of esters is 1. The summed E-state index contributed by atoms with van der Waals surface area (Å²) in [6.45, 7) is 6.71. The van der Waals surface area contributed by atoms with Gasteiger partial charge in [0.05, 0.1) is 11.5 Å². The average Bonchev–Trinajstić information content (AvgIpc) is 2.96. The summed E-state index contributed by atoms with van der Waals surface area (Å²) in [7, 11) is 0. The normalized spacial score (nSPS) is 21.7. The monoisotopic (exact) mass is 330 g/mol. The first kappa shape index (κ1) is 17.5. The van der Waals surface area contributed by atoms with Crippen molar-refractivity contribution in [1.29, 1.82) is 0 Å². The van der Waals surface area contributed by atoms with Crippen LogP contribution >= 0.6 is 0 Å². The van der Waals surface area contributed by atoms with Crippen molar-refractivity contribution < 1.29 is 27.1 Å². The molecule has 1 aliphatic carbocycles. The number of ether oxygens (including phenoxy) is 1. The summed E-state index contributed by atoms with van der Waals surface area (Å²) in [6.07, 6.45) is 1.94. The van der Waals surface area contributed by atoms with Gasteiger partial charge in [-0.05, 0) is 25.2 Å². The smallest absolute Gasteiger partial charge is 0.310 e. The van der Waals surface area contributed by atoms with Crippen molar-refractivity contribution in [3.8, 4) is 0 Å². The maximum absolute atomic E-state index is 13.5. The van der Waals surface area contributed by atoms with E-state index in [1.54, 1.807) is 0 Å². The Morgan fingerprint density at radius 3 is 2.17 bits per heavy atom. The van der Waals surface area contributed by atoms with Crippen LogP contribution < -0.4 is 0 Å². The lowest BCUT2D eigenvalue weighted by molar-refractivity contribution is -0.147. The van der Waals surface area contributed by atoms with Crippen LogP contribution in [0.2, 0.25) is 0 Å². The van der Waals surface area contributed by atoms with Crippen molar-refractivity contribution in [3.63, 3.8) is 0 Å². The van der Waals surface area contributed by atoms with Gasteiger partial charge in [-0.3, -0.25) is 4.79 Å². The third-order valence-corrected chi connectivity index (χ3v) is 4.24. The van der Waals surface area contributed by atoms with E-state index >= 15 is 0 Å². The topological polar surface area (TPSA) is 26.3 Å². The number of carbonyl (C=O) groups excluding carboxylic acids is 1. The molecule has 0 unspecified atom stereocenters. The first-order valence-electron chi connectivity index (χ1n) is 7.21. The second-order valence-corrected chi connectivity index (χ2v) is 6.62. The highest BCUT2D eigenvalue weighted by Crippen LogP contribution is 2.59. The van der Waals surface area contributed by atoms with Gasteiger partial charge in [0.15, 0.2) is 23.3 Å². The van der Waals surface area contributed by atoms with Gasteiger partial charge in [0, 0.05) is 6.07 Å². The molecule has 1 saturated carbocycles. The SMILES string of the molecule is CC(C)=C[C@H]1[C@H](C(=O)OCc2c(F)c(F)cc(F)c2F)C1(C)C. The van der Waals surface area contributed by atoms with Crippen molar-refractivity contribution in [1.82, 2.24) is 0 Å². The number of benzene rings is 1. The van der Waals surface area contributed by atoms with Gasteiger partial charge in [0.25, 0.3) is 0 Å². The molecule has 23 heavy (non-hydrogen) atoms. The molecule has 2 nitrogen and oxygen atoms in total. The van der Waals surface area contributed by atoms with Gasteiger partial charge >= 0.3 is 5.97 Å². The molecule has 1 aromatic rings. The second kappa shape index (κ2) is 5.98. The van der Waals surface area contributed by atoms with E-state index in [1.165, 1.54) is 0 Å². The number of halogens is 4. The molecule has 0 heterocycles. The minimum absolute atomic E-state index is 0.0288. The van der Waals surface area contributed by atoms with Gasteiger partial charge in [-0.25, -0.2) is 17.6 Å². The first-order chi connectivity index (χ1) is 10.6. The fourth-order valence-corrected chi connectivity index (χ4v) is 2.78. The molecule has 0 amide bonds. The summed E-state index contributed by atoms with van der Waals surface area (Å²) in [5, 5.41) is 0. The first-order valence-corrected chi connectivity index (χ1v) is 7.21. The van der Waals surface area contributed by atoms with Crippen LogP contribution in [0.5, 0.6) is 0 Å². The highest BCUT2D eigenvalue weighted by molar-refractivity contribution is 5.78. The average molecular weight is 330 g/mol. The van der Waals surface area contributed by atoms with E-state index in [9.17, 15) is 22.4 Å². The number of rotatable bonds is 4. The minimum atomic E-state index is -1.55. The summed E-state index contributed by atoms with van der Waals surface area (Å²) in [5.74, 6) is -7.25. The fraction of sp³-hybridized carbons (Fsp3) is 0.471. The molecule has 0 radical (unpaired) electrons. The molecular weight excluding hydrogens is 312 g/mol. The standard InChI is InChI=1S/C17H18F4O2/c1-8(2)5-10-13(17(10,3)4)16(22)23-7-9-14(20)11(18)6-12(19)15(9)21/h5-6,10,13H,7H2,1-4H3/t10-,13+/m0/s1. The maximum Gasteiger partial charge on any atom is 0.310 e. The summed E-state index contributed by atoms with van der Waals surface area (Å²) in [6, 6.07) is 0.116. The van der Waals surface area contributed by atoms with E-state index in [2.05, 4.69) is 0 Å². The quantitative estimate of drug-likeness (QED) is 0.351. The van der Waals surface area contributed by atoms with Crippen molar-refractivity contribution in [3.05, 3.63) is 46.5 Å². The Morgan fingerprint density at radius 2 is 1.70 bits per heavy atom. The van der Waals surface area contributed by atoms with Gasteiger partial charge < -0.3 is 4.74 Å². The Hall–Kier alpha value is -1.85. The van der Waals surface area contributed by atoms with Crippen LogP contribution in [0.1, 0.15) is 33.3 Å². The third-order valence-electron chi connectivity index (χ3n) is 4.24. The van der Waals surface area contributed by atoms with E-state index in [0.29, 0.717) is 0 Å². The van der Waals surface area contributed by atoms with Crippen molar-refractivity contribution in [2.45, 2.75) is 34.3 Å². The molecule has 0 aromatic heterocycles. The molecule has 0 aliphatic heterocycles. The molecular formula is C17H18F4O2. The number of hydrogen-bond acceptors (Lipinski definition) is 2. The van der Waals surface area contributed by atoms with Crippen molar-refractivity contribution >= 4 is 5.97 Å². The molecule has 2 rings (SSSR count). The van der Waals surface area contributed by atoms with Gasteiger partial charge in [-0.15, -0.1) is 0 Å². The third kappa shape index (κ3) is 3.26. The van der Waals surface area contributed by atoms with Crippen molar-refractivity contribution in [2.24, 2.45) is 17.3 Å². The molecule has 0 saturated heterocycles. The molecule has 1 fully saturated rings. The molecule has 1 aromatic carbocycles. The Balaban J connectivity index is 2.11.